The van der Waals surface area contributed by atoms with Crippen LogP contribution in [-0.2, 0) is 13.6 Å². The second-order valence-corrected chi connectivity index (χ2v) is 3.78. The van der Waals surface area contributed by atoms with Crippen molar-refractivity contribution < 1.29 is 0 Å². The molecular weight excluding hydrogens is 202 g/mol. The van der Waals surface area contributed by atoms with Crippen LogP contribution in [0.2, 0.25) is 0 Å². The van der Waals surface area contributed by atoms with Crippen molar-refractivity contribution in [3.8, 4) is 0 Å². The first-order valence-electron chi connectivity index (χ1n) is 5.09. The molecule has 0 saturated carbocycles. The van der Waals surface area contributed by atoms with Gasteiger partial charge in [0.25, 0.3) is 0 Å². The lowest BCUT2D eigenvalue weighted by molar-refractivity contribution is 0.812. The first-order chi connectivity index (χ1) is 7.66. The van der Waals surface area contributed by atoms with E-state index in [1.807, 2.05) is 36.7 Å². The molecule has 5 heteroatoms. The van der Waals surface area contributed by atoms with Gasteiger partial charge in [-0.25, -0.2) is 0 Å². The van der Waals surface area contributed by atoms with Crippen molar-refractivity contribution in [2.24, 2.45) is 7.05 Å². The highest BCUT2D eigenvalue weighted by Crippen LogP contribution is 2.16. The van der Waals surface area contributed by atoms with Gasteiger partial charge in [0.1, 0.15) is 6.33 Å². The zero-order chi connectivity index (χ0) is 11.5. The molecule has 1 heterocycles. The van der Waals surface area contributed by atoms with Crippen LogP contribution >= 0.6 is 0 Å². The molecule has 0 fully saturated rings. The summed E-state index contributed by atoms with van der Waals surface area (Å²) in [5.41, 5.74) is 8.67. The Bertz CT molecular complexity index is 489. The van der Waals surface area contributed by atoms with Gasteiger partial charge in [0.2, 0.25) is 0 Å². The quantitative estimate of drug-likeness (QED) is 0.761. The third-order valence-electron chi connectivity index (χ3n) is 2.53. The number of benzene rings is 1. The van der Waals surface area contributed by atoms with Crippen LogP contribution in [0.1, 0.15) is 11.4 Å². The lowest BCUT2D eigenvalue weighted by Gasteiger charge is -2.07. The molecule has 1 aromatic carbocycles. The fourth-order valence-corrected chi connectivity index (χ4v) is 1.43. The Morgan fingerprint density at radius 3 is 2.88 bits per heavy atom. The third kappa shape index (κ3) is 2.13. The topological polar surface area (TPSA) is 68.8 Å². The highest BCUT2D eigenvalue weighted by molar-refractivity contribution is 5.56. The molecule has 0 radical (unpaired) electrons. The summed E-state index contributed by atoms with van der Waals surface area (Å²) in [7, 11) is 1.92. The van der Waals surface area contributed by atoms with E-state index in [-0.39, 0.29) is 0 Å². The number of nitrogens with one attached hydrogen (secondary N) is 1. The lowest BCUT2D eigenvalue weighted by atomic mass is 10.2. The first-order valence-corrected chi connectivity index (χ1v) is 5.09. The van der Waals surface area contributed by atoms with Crippen molar-refractivity contribution in [2.45, 2.75) is 13.5 Å². The standard InChI is InChI=1S/C11H15N5/c1-8-5-9(3-4-10(8)12)13-6-11-15-14-7-16(11)2/h3-5,7,13H,6,12H2,1-2H3. The van der Waals surface area contributed by atoms with Gasteiger partial charge in [-0.3, -0.25) is 0 Å². The van der Waals surface area contributed by atoms with Crippen LogP contribution < -0.4 is 11.1 Å². The second kappa shape index (κ2) is 4.22. The van der Waals surface area contributed by atoms with E-state index in [2.05, 4.69) is 15.5 Å². The van der Waals surface area contributed by atoms with Gasteiger partial charge in [-0.2, -0.15) is 0 Å². The SMILES string of the molecule is Cc1cc(NCc2nncn2C)ccc1N. The number of rotatable bonds is 3. The molecule has 5 nitrogen and oxygen atoms in total. The molecule has 2 aromatic rings. The molecule has 0 unspecified atom stereocenters. The zero-order valence-electron chi connectivity index (χ0n) is 9.44. The van der Waals surface area contributed by atoms with Crippen LogP contribution in [0.3, 0.4) is 0 Å². The Morgan fingerprint density at radius 2 is 2.25 bits per heavy atom. The molecule has 3 N–H and O–H groups in total. The summed E-state index contributed by atoms with van der Waals surface area (Å²) >= 11 is 0. The lowest BCUT2D eigenvalue weighted by Crippen LogP contribution is -2.06. The van der Waals surface area contributed by atoms with Gasteiger partial charge in [0.05, 0.1) is 6.54 Å². The van der Waals surface area contributed by atoms with E-state index in [0.717, 1.165) is 22.8 Å². The van der Waals surface area contributed by atoms with Crippen molar-refractivity contribution in [3.05, 3.63) is 35.9 Å². The van der Waals surface area contributed by atoms with Crippen LogP contribution in [0.25, 0.3) is 0 Å². The van der Waals surface area contributed by atoms with Crippen LogP contribution in [0, 0.1) is 6.92 Å². The zero-order valence-corrected chi connectivity index (χ0v) is 9.44. The van der Waals surface area contributed by atoms with Gasteiger partial charge in [-0.15, -0.1) is 10.2 Å². The van der Waals surface area contributed by atoms with Gasteiger partial charge < -0.3 is 15.6 Å². The van der Waals surface area contributed by atoms with Crippen molar-refractivity contribution in [1.82, 2.24) is 14.8 Å². The number of nitrogen functional groups attached to an aromatic ring is 1. The summed E-state index contributed by atoms with van der Waals surface area (Å²) in [6.45, 7) is 2.64. The Morgan fingerprint density at radius 1 is 1.44 bits per heavy atom. The minimum absolute atomic E-state index is 0.653. The molecule has 1 aromatic heterocycles. The average Bonchev–Trinajstić information content (AvgIpc) is 2.66. The predicted octanol–water partition coefficient (Wildman–Crippen LogP) is 1.32. The van der Waals surface area contributed by atoms with Gasteiger partial charge >= 0.3 is 0 Å². The second-order valence-electron chi connectivity index (χ2n) is 3.78. The molecular formula is C11H15N5. The highest BCUT2D eigenvalue weighted by Gasteiger charge is 2.01. The van der Waals surface area contributed by atoms with Gasteiger partial charge in [-0.05, 0) is 30.7 Å². The Labute approximate surface area is 94.3 Å². The molecule has 0 saturated heterocycles. The Balaban J connectivity index is 2.05. The normalized spacial score (nSPS) is 10.4. The third-order valence-corrected chi connectivity index (χ3v) is 2.53. The summed E-state index contributed by atoms with van der Waals surface area (Å²) in [6, 6.07) is 5.87. The summed E-state index contributed by atoms with van der Waals surface area (Å²) < 4.78 is 1.89. The fourth-order valence-electron chi connectivity index (χ4n) is 1.43. The molecule has 0 aliphatic rings. The Kier molecular flexibility index (Phi) is 2.76. The summed E-state index contributed by atoms with van der Waals surface area (Å²) in [4.78, 5) is 0. The minimum atomic E-state index is 0.653. The molecule has 0 aliphatic carbocycles. The number of hydrogen-bond acceptors (Lipinski definition) is 4. The van der Waals surface area contributed by atoms with E-state index in [1.165, 1.54) is 0 Å². The summed E-state index contributed by atoms with van der Waals surface area (Å²) in [6.07, 6.45) is 1.69. The number of hydrogen-bond donors (Lipinski definition) is 2. The van der Waals surface area contributed by atoms with Crippen LogP contribution in [-0.4, -0.2) is 14.8 Å². The number of nitrogens with zero attached hydrogens (tertiary/aromatic N) is 3. The van der Waals surface area contributed by atoms with Crippen molar-refractivity contribution >= 4 is 11.4 Å². The van der Waals surface area contributed by atoms with Crippen LogP contribution in [0.5, 0.6) is 0 Å². The van der Waals surface area contributed by atoms with E-state index >= 15 is 0 Å². The maximum atomic E-state index is 5.75. The van der Waals surface area contributed by atoms with Gasteiger partial charge in [0, 0.05) is 18.4 Å². The maximum absolute atomic E-state index is 5.75. The predicted molar refractivity (Wildman–Crippen MR) is 63.9 cm³/mol. The molecule has 0 aliphatic heterocycles. The first kappa shape index (κ1) is 10.5. The van der Waals surface area contributed by atoms with E-state index in [4.69, 9.17) is 5.73 Å². The van der Waals surface area contributed by atoms with Crippen molar-refractivity contribution in [2.75, 3.05) is 11.1 Å². The largest absolute Gasteiger partial charge is 0.399 e. The fraction of sp³-hybridized carbons (Fsp3) is 0.273. The molecule has 0 spiro atoms. The molecule has 84 valence electrons. The highest BCUT2D eigenvalue weighted by atomic mass is 15.3. The number of anilines is 2. The number of aromatic nitrogens is 3. The van der Waals surface area contributed by atoms with Crippen LogP contribution in [0.15, 0.2) is 24.5 Å². The molecule has 0 atom stereocenters. The maximum Gasteiger partial charge on any atom is 0.151 e. The van der Waals surface area contributed by atoms with E-state index in [9.17, 15) is 0 Å². The minimum Gasteiger partial charge on any atom is -0.399 e. The van der Waals surface area contributed by atoms with Crippen molar-refractivity contribution in [1.29, 1.82) is 0 Å². The average molecular weight is 217 g/mol. The van der Waals surface area contributed by atoms with E-state index in [0.29, 0.717) is 6.54 Å². The smallest absolute Gasteiger partial charge is 0.151 e. The van der Waals surface area contributed by atoms with Crippen LogP contribution in [0.4, 0.5) is 11.4 Å². The molecule has 0 bridgehead atoms. The number of nitrogens with two attached hydrogens (primary N) is 1. The van der Waals surface area contributed by atoms with E-state index < -0.39 is 0 Å². The molecule has 0 amide bonds. The van der Waals surface area contributed by atoms with Gasteiger partial charge in [0.15, 0.2) is 5.82 Å². The van der Waals surface area contributed by atoms with E-state index in [1.54, 1.807) is 6.33 Å². The number of aryl methyl sites for hydroxylation is 2. The van der Waals surface area contributed by atoms with Gasteiger partial charge in [-0.1, -0.05) is 0 Å². The summed E-state index contributed by atoms with van der Waals surface area (Å²) in [5.74, 6) is 0.898. The molecule has 16 heavy (non-hydrogen) atoms. The Hall–Kier alpha value is -2.04. The summed E-state index contributed by atoms with van der Waals surface area (Å²) in [5, 5.41) is 11.1. The molecule has 2 rings (SSSR count). The monoisotopic (exact) mass is 217 g/mol. The van der Waals surface area contributed by atoms with Crippen molar-refractivity contribution in [3.63, 3.8) is 0 Å².